The minimum absolute atomic E-state index is 0.274. The molecule has 1 N–H and O–H groups in total. The van der Waals surface area contributed by atoms with Crippen LogP contribution in [0.25, 0.3) is 0 Å². The van der Waals surface area contributed by atoms with Crippen molar-refractivity contribution in [2.45, 2.75) is 75.8 Å². The minimum Gasteiger partial charge on any atom is -0.347 e. The Labute approximate surface area is 123 Å². The number of ether oxygens (including phenoxy) is 2. The summed E-state index contributed by atoms with van der Waals surface area (Å²) in [4.78, 5) is 2.63. The van der Waals surface area contributed by atoms with Crippen LogP contribution in [0.3, 0.4) is 0 Å². The molecule has 20 heavy (non-hydrogen) atoms. The molecule has 0 bridgehead atoms. The van der Waals surface area contributed by atoms with Gasteiger partial charge in [-0.2, -0.15) is 0 Å². The first-order chi connectivity index (χ1) is 9.74. The molecule has 1 spiro atoms. The molecule has 0 amide bonds. The molecule has 2 unspecified atom stereocenters. The van der Waals surface area contributed by atoms with Gasteiger partial charge in [-0.25, -0.2) is 0 Å². The molecular formula is C16H30N2O2. The van der Waals surface area contributed by atoms with Crippen molar-refractivity contribution in [1.29, 1.82) is 0 Å². The zero-order valence-electron chi connectivity index (χ0n) is 13.1. The van der Waals surface area contributed by atoms with Gasteiger partial charge in [-0.3, -0.25) is 4.90 Å². The molecule has 0 aromatic heterocycles. The quantitative estimate of drug-likeness (QED) is 0.856. The maximum absolute atomic E-state index is 5.97. The summed E-state index contributed by atoms with van der Waals surface area (Å²) >= 11 is 0. The second-order valence-electron chi connectivity index (χ2n) is 6.69. The summed E-state index contributed by atoms with van der Waals surface area (Å²) in [5.41, 5.74) is 0. The monoisotopic (exact) mass is 282 g/mol. The molecule has 0 aromatic rings. The van der Waals surface area contributed by atoms with Crippen molar-refractivity contribution in [3.63, 3.8) is 0 Å². The third kappa shape index (κ3) is 2.89. The molecular weight excluding hydrogens is 252 g/mol. The smallest absolute Gasteiger partial charge is 0.170 e. The Hall–Kier alpha value is -0.160. The van der Waals surface area contributed by atoms with Crippen molar-refractivity contribution in [3.05, 3.63) is 0 Å². The van der Waals surface area contributed by atoms with Gasteiger partial charge in [0.05, 0.1) is 13.2 Å². The number of nitrogens with one attached hydrogen (secondary N) is 1. The van der Waals surface area contributed by atoms with E-state index in [0.717, 1.165) is 45.1 Å². The third-order valence-corrected chi connectivity index (χ3v) is 5.52. The second kappa shape index (κ2) is 6.30. The molecule has 4 heteroatoms. The average molecular weight is 282 g/mol. The van der Waals surface area contributed by atoms with E-state index in [2.05, 4.69) is 24.2 Å². The van der Waals surface area contributed by atoms with Gasteiger partial charge in [-0.1, -0.05) is 19.8 Å². The second-order valence-corrected chi connectivity index (χ2v) is 6.69. The Morgan fingerprint density at radius 3 is 2.50 bits per heavy atom. The molecule has 1 heterocycles. The molecule has 116 valence electrons. The predicted molar refractivity (Wildman–Crippen MR) is 79.8 cm³/mol. The van der Waals surface area contributed by atoms with Crippen LogP contribution in [0.15, 0.2) is 0 Å². The molecule has 0 aromatic carbocycles. The molecule has 3 aliphatic rings. The summed E-state index contributed by atoms with van der Waals surface area (Å²) in [5.74, 6) is -0.274. The van der Waals surface area contributed by atoms with Crippen LogP contribution in [0, 0.1) is 0 Å². The van der Waals surface area contributed by atoms with Gasteiger partial charge in [0.25, 0.3) is 0 Å². The normalized spacial score (nSPS) is 34.4. The zero-order valence-corrected chi connectivity index (χ0v) is 13.1. The summed E-state index contributed by atoms with van der Waals surface area (Å²) in [7, 11) is 2.32. The van der Waals surface area contributed by atoms with E-state index in [0.29, 0.717) is 12.1 Å². The molecule has 4 nitrogen and oxygen atoms in total. The van der Waals surface area contributed by atoms with Crippen LogP contribution in [-0.4, -0.2) is 55.6 Å². The van der Waals surface area contributed by atoms with Crippen LogP contribution in [0.5, 0.6) is 0 Å². The molecule has 2 atom stereocenters. The first kappa shape index (κ1) is 14.8. The molecule has 1 saturated heterocycles. The first-order valence-electron chi connectivity index (χ1n) is 8.47. The fourth-order valence-corrected chi connectivity index (χ4v) is 4.40. The molecule has 3 fully saturated rings. The van der Waals surface area contributed by atoms with Crippen LogP contribution in [0.2, 0.25) is 0 Å². The van der Waals surface area contributed by atoms with E-state index < -0.39 is 0 Å². The maximum Gasteiger partial charge on any atom is 0.170 e. The SMILES string of the molecule is CCNC1CCC2(CC1N(C)C1CCCC1)OCCO2. The standard InChI is InChI=1S/C16H30N2O2/c1-3-17-14-8-9-16(19-10-11-20-16)12-15(14)18(2)13-6-4-5-7-13/h13-15,17H,3-12H2,1-2H3. The Balaban J connectivity index is 1.70. The van der Waals surface area contributed by atoms with E-state index in [1.54, 1.807) is 0 Å². The highest BCUT2D eigenvalue weighted by atomic mass is 16.7. The van der Waals surface area contributed by atoms with Gasteiger partial charge in [0.2, 0.25) is 0 Å². The van der Waals surface area contributed by atoms with Crippen molar-refractivity contribution >= 4 is 0 Å². The predicted octanol–water partition coefficient (Wildman–Crippen LogP) is 2.13. The van der Waals surface area contributed by atoms with Crippen LogP contribution < -0.4 is 5.32 Å². The summed E-state index contributed by atoms with van der Waals surface area (Å²) < 4.78 is 11.9. The van der Waals surface area contributed by atoms with Gasteiger partial charge < -0.3 is 14.8 Å². The zero-order chi connectivity index (χ0) is 14.0. The van der Waals surface area contributed by atoms with Crippen molar-refractivity contribution in [3.8, 4) is 0 Å². The molecule has 2 saturated carbocycles. The van der Waals surface area contributed by atoms with Gasteiger partial charge in [0, 0.05) is 31.0 Å². The van der Waals surface area contributed by atoms with E-state index in [-0.39, 0.29) is 5.79 Å². The van der Waals surface area contributed by atoms with E-state index in [9.17, 15) is 0 Å². The molecule has 1 aliphatic heterocycles. The van der Waals surface area contributed by atoms with Crippen LogP contribution in [-0.2, 0) is 9.47 Å². The van der Waals surface area contributed by atoms with Crippen molar-refractivity contribution < 1.29 is 9.47 Å². The fourth-order valence-electron chi connectivity index (χ4n) is 4.40. The minimum atomic E-state index is -0.274. The highest BCUT2D eigenvalue weighted by Gasteiger charge is 2.47. The summed E-state index contributed by atoms with van der Waals surface area (Å²) in [6, 6.07) is 1.90. The summed E-state index contributed by atoms with van der Waals surface area (Å²) in [5, 5.41) is 3.69. The van der Waals surface area contributed by atoms with Gasteiger partial charge in [-0.15, -0.1) is 0 Å². The van der Waals surface area contributed by atoms with Crippen molar-refractivity contribution in [1.82, 2.24) is 10.2 Å². The molecule has 3 rings (SSSR count). The van der Waals surface area contributed by atoms with Gasteiger partial charge in [-0.05, 0) is 32.9 Å². The Kier molecular flexibility index (Phi) is 4.65. The Morgan fingerprint density at radius 2 is 1.85 bits per heavy atom. The van der Waals surface area contributed by atoms with Gasteiger partial charge in [0.15, 0.2) is 5.79 Å². The molecule has 2 aliphatic carbocycles. The van der Waals surface area contributed by atoms with Gasteiger partial charge >= 0.3 is 0 Å². The Morgan fingerprint density at radius 1 is 1.15 bits per heavy atom. The molecule has 0 radical (unpaired) electrons. The lowest BCUT2D eigenvalue weighted by Gasteiger charge is -2.46. The van der Waals surface area contributed by atoms with Crippen LogP contribution >= 0.6 is 0 Å². The topological polar surface area (TPSA) is 33.7 Å². The lowest BCUT2D eigenvalue weighted by Crippen LogP contribution is -2.58. The summed E-state index contributed by atoms with van der Waals surface area (Å²) in [6.45, 7) is 4.80. The van der Waals surface area contributed by atoms with E-state index in [4.69, 9.17) is 9.47 Å². The number of hydrogen-bond donors (Lipinski definition) is 1. The number of likely N-dealkylation sites (N-methyl/N-ethyl adjacent to an activating group) is 2. The van der Waals surface area contributed by atoms with E-state index in [1.165, 1.54) is 25.7 Å². The number of nitrogens with zero attached hydrogens (tertiary/aromatic N) is 1. The lowest BCUT2D eigenvalue weighted by atomic mass is 9.84. The van der Waals surface area contributed by atoms with E-state index in [1.807, 2.05) is 0 Å². The van der Waals surface area contributed by atoms with Crippen molar-refractivity contribution in [2.75, 3.05) is 26.8 Å². The first-order valence-corrected chi connectivity index (χ1v) is 8.47. The number of hydrogen-bond acceptors (Lipinski definition) is 4. The van der Waals surface area contributed by atoms with Crippen LogP contribution in [0.1, 0.15) is 51.9 Å². The summed E-state index contributed by atoms with van der Waals surface area (Å²) in [6.07, 6.45) is 8.74. The largest absolute Gasteiger partial charge is 0.347 e. The highest BCUT2D eigenvalue weighted by molar-refractivity contribution is 4.97. The maximum atomic E-state index is 5.97. The lowest BCUT2D eigenvalue weighted by molar-refractivity contribution is -0.194. The fraction of sp³-hybridized carbons (Fsp3) is 1.00. The number of rotatable bonds is 4. The average Bonchev–Trinajstić information content (AvgIpc) is 3.13. The van der Waals surface area contributed by atoms with Crippen LogP contribution in [0.4, 0.5) is 0 Å². The van der Waals surface area contributed by atoms with Gasteiger partial charge in [0.1, 0.15) is 0 Å². The third-order valence-electron chi connectivity index (χ3n) is 5.52. The highest BCUT2D eigenvalue weighted by Crippen LogP contribution is 2.39. The van der Waals surface area contributed by atoms with E-state index >= 15 is 0 Å². The Bertz CT molecular complexity index is 312. The van der Waals surface area contributed by atoms with Crippen molar-refractivity contribution in [2.24, 2.45) is 0 Å².